The Hall–Kier alpha value is -0.450. The summed E-state index contributed by atoms with van der Waals surface area (Å²) in [6, 6.07) is -0.166. The van der Waals surface area contributed by atoms with E-state index in [1.165, 1.54) is 0 Å². The van der Waals surface area contributed by atoms with Crippen LogP contribution in [-0.2, 0) is 12.8 Å². The molecule has 1 heterocycles. The second kappa shape index (κ2) is 5.32. The molecule has 0 aromatic carbocycles. The quantitative estimate of drug-likeness (QED) is 0.744. The van der Waals surface area contributed by atoms with Crippen LogP contribution >= 0.6 is 11.3 Å². The van der Waals surface area contributed by atoms with Gasteiger partial charge in [-0.3, -0.25) is 0 Å². The molecule has 1 unspecified atom stereocenters. The van der Waals surface area contributed by atoms with Crippen molar-refractivity contribution < 1.29 is 5.11 Å². The predicted octanol–water partition coefficient (Wildman–Crippen LogP) is 0.958. The van der Waals surface area contributed by atoms with Gasteiger partial charge in [-0.05, 0) is 6.42 Å². The number of hydrogen-bond acceptors (Lipinski definition) is 4. The Morgan fingerprint density at radius 2 is 2.46 bits per heavy atom. The summed E-state index contributed by atoms with van der Waals surface area (Å²) in [5, 5.41) is 11.9. The van der Waals surface area contributed by atoms with E-state index in [-0.39, 0.29) is 12.6 Å². The Morgan fingerprint density at radius 3 is 3.08 bits per heavy atom. The first-order valence-electron chi connectivity index (χ1n) is 4.56. The van der Waals surface area contributed by atoms with Gasteiger partial charge >= 0.3 is 0 Å². The molecule has 74 valence electrons. The molecule has 1 rings (SSSR count). The summed E-state index contributed by atoms with van der Waals surface area (Å²) in [6.07, 6.45) is 2.84. The van der Waals surface area contributed by atoms with Gasteiger partial charge in [-0.15, -0.1) is 11.3 Å². The number of aryl methyl sites for hydroxylation is 1. The third kappa shape index (κ3) is 3.42. The topological polar surface area (TPSA) is 59.1 Å². The summed E-state index contributed by atoms with van der Waals surface area (Å²) >= 11 is 1.63. The molecule has 0 radical (unpaired) electrons. The van der Waals surface area contributed by atoms with Crippen LogP contribution in [0.15, 0.2) is 5.38 Å². The van der Waals surface area contributed by atoms with Crippen molar-refractivity contribution in [1.29, 1.82) is 0 Å². The van der Waals surface area contributed by atoms with Crippen LogP contribution in [0.1, 0.15) is 24.0 Å². The zero-order chi connectivity index (χ0) is 9.68. The third-order valence-corrected chi connectivity index (χ3v) is 2.70. The number of nitrogens with zero attached hydrogens (tertiary/aromatic N) is 1. The van der Waals surface area contributed by atoms with E-state index in [1.54, 1.807) is 11.3 Å². The van der Waals surface area contributed by atoms with Gasteiger partial charge < -0.3 is 10.8 Å². The summed E-state index contributed by atoms with van der Waals surface area (Å²) in [5.74, 6) is 0. The van der Waals surface area contributed by atoms with Gasteiger partial charge in [-0.2, -0.15) is 0 Å². The first kappa shape index (κ1) is 10.6. The summed E-state index contributed by atoms with van der Waals surface area (Å²) < 4.78 is 0. The van der Waals surface area contributed by atoms with Crippen LogP contribution in [0.5, 0.6) is 0 Å². The van der Waals surface area contributed by atoms with Gasteiger partial charge in [0.1, 0.15) is 0 Å². The molecule has 1 aromatic rings. The molecule has 0 aliphatic carbocycles. The van der Waals surface area contributed by atoms with Gasteiger partial charge in [-0.25, -0.2) is 4.98 Å². The zero-order valence-electron chi connectivity index (χ0n) is 7.86. The number of nitrogens with two attached hydrogens (primary N) is 1. The average Bonchev–Trinajstić information content (AvgIpc) is 2.53. The van der Waals surface area contributed by atoms with Crippen molar-refractivity contribution in [1.82, 2.24) is 4.98 Å². The van der Waals surface area contributed by atoms with Gasteiger partial charge in [0.25, 0.3) is 0 Å². The summed E-state index contributed by atoms with van der Waals surface area (Å²) in [7, 11) is 0. The van der Waals surface area contributed by atoms with Crippen molar-refractivity contribution in [3.63, 3.8) is 0 Å². The minimum atomic E-state index is -0.166. The Balaban J connectivity index is 2.48. The van der Waals surface area contributed by atoms with E-state index in [1.807, 2.05) is 0 Å². The Morgan fingerprint density at radius 1 is 1.69 bits per heavy atom. The molecule has 0 aliphatic heterocycles. The van der Waals surface area contributed by atoms with Crippen molar-refractivity contribution in [2.45, 2.75) is 32.2 Å². The molecule has 3 nitrogen and oxygen atoms in total. The number of thiazole rings is 1. The number of rotatable bonds is 5. The van der Waals surface area contributed by atoms with E-state index in [9.17, 15) is 0 Å². The van der Waals surface area contributed by atoms with Crippen molar-refractivity contribution in [2.75, 3.05) is 6.61 Å². The van der Waals surface area contributed by atoms with Gasteiger partial charge in [0.2, 0.25) is 0 Å². The lowest BCUT2D eigenvalue weighted by atomic mass is 10.2. The molecule has 0 amide bonds. The van der Waals surface area contributed by atoms with Crippen molar-refractivity contribution in [2.24, 2.45) is 5.73 Å². The second-order valence-electron chi connectivity index (χ2n) is 3.13. The number of aliphatic hydroxyl groups is 1. The van der Waals surface area contributed by atoms with E-state index in [2.05, 4.69) is 17.3 Å². The molecule has 0 spiro atoms. The summed E-state index contributed by atoms with van der Waals surface area (Å²) in [4.78, 5) is 4.42. The molecule has 0 aliphatic rings. The highest BCUT2D eigenvalue weighted by Crippen LogP contribution is 2.12. The predicted molar refractivity (Wildman–Crippen MR) is 54.9 cm³/mol. The number of hydrogen-bond donors (Lipinski definition) is 2. The molecule has 1 aromatic heterocycles. The lowest BCUT2D eigenvalue weighted by molar-refractivity contribution is 0.265. The summed E-state index contributed by atoms with van der Waals surface area (Å²) in [5.41, 5.74) is 6.75. The molecule has 0 saturated carbocycles. The normalized spacial score (nSPS) is 13.2. The minimum absolute atomic E-state index is 0.0304. The van der Waals surface area contributed by atoms with Crippen LogP contribution < -0.4 is 5.73 Å². The van der Waals surface area contributed by atoms with Crippen LogP contribution in [0, 0.1) is 0 Å². The number of aromatic nitrogens is 1. The molecule has 4 heteroatoms. The van der Waals surface area contributed by atoms with Gasteiger partial charge in [0.15, 0.2) is 0 Å². The second-order valence-corrected chi connectivity index (χ2v) is 4.07. The van der Waals surface area contributed by atoms with Crippen molar-refractivity contribution in [3.05, 3.63) is 16.1 Å². The SMILES string of the molecule is CCCc1csc(CC(N)CO)n1. The van der Waals surface area contributed by atoms with Crippen molar-refractivity contribution >= 4 is 11.3 Å². The zero-order valence-corrected chi connectivity index (χ0v) is 8.68. The van der Waals surface area contributed by atoms with E-state index in [0.29, 0.717) is 6.42 Å². The molecular formula is C9H16N2OS. The highest BCUT2D eigenvalue weighted by Gasteiger charge is 2.06. The third-order valence-electron chi connectivity index (χ3n) is 1.78. The van der Waals surface area contributed by atoms with E-state index in [0.717, 1.165) is 23.5 Å². The minimum Gasteiger partial charge on any atom is -0.395 e. The molecule has 0 fully saturated rings. The Kier molecular flexibility index (Phi) is 4.35. The maximum absolute atomic E-state index is 8.76. The number of aliphatic hydroxyl groups excluding tert-OH is 1. The monoisotopic (exact) mass is 200 g/mol. The lowest BCUT2D eigenvalue weighted by Gasteiger charge is -2.03. The van der Waals surface area contributed by atoms with E-state index in [4.69, 9.17) is 10.8 Å². The smallest absolute Gasteiger partial charge is 0.0944 e. The van der Waals surface area contributed by atoms with E-state index < -0.39 is 0 Å². The maximum atomic E-state index is 8.76. The summed E-state index contributed by atoms with van der Waals surface area (Å²) in [6.45, 7) is 2.17. The standard InChI is InChI=1S/C9H16N2OS/c1-2-3-8-6-13-9(11-8)4-7(10)5-12/h6-7,12H,2-5,10H2,1H3. The first-order chi connectivity index (χ1) is 6.26. The van der Waals surface area contributed by atoms with Crippen molar-refractivity contribution in [3.8, 4) is 0 Å². The fourth-order valence-electron chi connectivity index (χ4n) is 1.10. The molecule has 1 atom stereocenters. The molecule has 0 bridgehead atoms. The molecular weight excluding hydrogens is 184 g/mol. The first-order valence-corrected chi connectivity index (χ1v) is 5.44. The fraction of sp³-hybridized carbons (Fsp3) is 0.667. The van der Waals surface area contributed by atoms with E-state index >= 15 is 0 Å². The van der Waals surface area contributed by atoms with Crippen LogP contribution in [-0.4, -0.2) is 22.7 Å². The average molecular weight is 200 g/mol. The van der Waals surface area contributed by atoms with Gasteiger partial charge in [0, 0.05) is 17.8 Å². The maximum Gasteiger partial charge on any atom is 0.0944 e. The van der Waals surface area contributed by atoms with Crippen LogP contribution in [0.4, 0.5) is 0 Å². The van der Waals surface area contributed by atoms with Gasteiger partial charge in [-0.1, -0.05) is 13.3 Å². The Bertz CT molecular complexity index is 250. The largest absolute Gasteiger partial charge is 0.395 e. The lowest BCUT2D eigenvalue weighted by Crippen LogP contribution is -2.26. The highest BCUT2D eigenvalue weighted by atomic mass is 32.1. The molecule has 3 N–H and O–H groups in total. The molecule has 13 heavy (non-hydrogen) atoms. The van der Waals surface area contributed by atoms with Crippen LogP contribution in [0.25, 0.3) is 0 Å². The fourth-order valence-corrected chi connectivity index (χ4v) is 2.03. The van der Waals surface area contributed by atoms with Crippen LogP contribution in [0.3, 0.4) is 0 Å². The van der Waals surface area contributed by atoms with Gasteiger partial charge in [0.05, 0.1) is 17.3 Å². The highest BCUT2D eigenvalue weighted by molar-refractivity contribution is 7.09. The molecule has 0 saturated heterocycles. The van der Waals surface area contributed by atoms with Crippen LogP contribution in [0.2, 0.25) is 0 Å². The Labute approximate surface area is 82.6 Å².